The number of hydrogen-bond acceptors (Lipinski definition) is 5. The fourth-order valence-electron chi connectivity index (χ4n) is 1.95. The van der Waals surface area contributed by atoms with E-state index in [0.717, 1.165) is 12.1 Å². The summed E-state index contributed by atoms with van der Waals surface area (Å²) in [7, 11) is -4.22. The van der Waals surface area contributed by atoms with Gasteiger partial charge < -0.3 is 10.1 Å². The Kier molecular flexibility index (Phi) is 6.42. The van der Waals surface area contributed by atoms with Crippen LogP contribution in [0.1, 0.15) is 6.92 Å². The first-order chi connectivity index (χ1) is 12.3. The van der Waals surface area contributed by atoms with Crippen LogP contribution in [0.2, 0.25) is 0 Å². The Bertz CT molecular complexity index is 887. The molecule has 9 heteroatoms. The van der Waals surface area contributed by atoms with Gasteiger partial charge in [0.05, 0.1) is 0 Å². The summed E-state index contributed by atoms with van der Waals surface area (Å²) < 4.78 is 44.3. The van der Waals surface area contributed by atoms with Crippen LogP contribution in [-0.4, -0.2) is 32.9 Å². The van der Waals surface area contributed by atoms with Gasteiger partial charge in [-0.25, -0.2) is 12.8 Å². The summed E-state index contributed by atoms with van der Waals surface area (Å²) in [4.78, 5) is 23.1. The monoisotopic (exact) mass is 380 g/mol. The van der Waals surface area contributed by atoms with Crippen molar-refractivity contribution in [3.63, 3.8) is 0 Å². The maximum atomic E-state index is 13.5. The topological polar surface area (TPSA) is 102 Å². The number of hydrogen-bond donors (Lipinski definition) is 2. The van der Waals surface area contributed by atoms with E-state index in [1.807, 2.05) is 4.72 Å². The van der Waals surface area contributed by atoms with Gasteiger partial charge in [-0.15, -0.1) is 0 Å². The number of carbonyl (C=O) groups is 2. The van der Waals surface area contributed by atoms with Crippen molar-refractivity contribution >= 4 is 27.6 Å². The fraction of sp³-hybridized carbons (Fsp3) is 0.176. The maximum absolute atomic E-state index is 13.5. The quantitative estimate of drug-likeness (QED) is 0.712. The summed E-state index contributed by atoms with van der Waals surface area (Å²) in [5.41, 5.74) is 0.528. The number of amides is 1. The number of nitrogens with one attached hydrogen (secondary N) is 2. The van der Waals surface area contributed by atoms with Gasteiger partial charge in [0.2, 0.25) is 10.0 Å². The van der Waals surface area contributed by atoms with Gasteiger partial charge in [-0.05, 0) is 31.2 Å². The summed E-state index contributed by atoms with van der Waals surface area (Å²) in [6.45, 7) is 0.612. The minimum Gasteiger partial charge on any atom is -0.452 e. The number of ether oxygens (including phenoxy) is 1. The number of benzene rings is 2. The molecule has 0 radical (unpaired) electrons. The second-order valence-electron chi connectivity index (χ2n) is 5.24. The second-order valence-corrected chi connectivity index (χ2v) is 6.98. The third-order valence-electron chi connectivity index (χ3n) is 3.25. The molecule has 2 aromatic rings. The first-order valence-electron chi connectivity index (χ1n) is 7.59. The van der Waals surface area contributed by atoms with Gasteiger partial charge in [-0.3, -0.25) is 9.59 Å². The zero-order chi connectivity index (χ0) is 19.2. The van der Waals surface area contributed by atoms with Crippen molar-refractivity contribution in [1.29, 1.82) is 0 Å². The Morgan fingerprint density at radius 2 is 1.69 bits per heavy atom. The molecule has 0 aliphatic heterocycles. The lowest BCUT2D eigenvalue weighted by atomic mass is 10.3. The molecular formula is C17H17FN2O5S. The molecule has 0 heterocycles. The Morgan fingerprint density at radius 3 is 2.35 bits per heavy atom. The molecular weight excluding hydrogens is 363 g/mol. The van der Waals surface area contributed by atoms with Crippen LogP contribution in [0.15, 0.2) is 59.5 Å². The lowest BCUT2D eigenvalue weighted by molar-refractivity contribution is -0.151. The van der Waals surface area contributed by atoms with Crippen molar-refractivity contribution < 1.29 is 27.1 Å². The predicted molar refractivity (Wildman–Crippen MR) is 92.2 cm³/mol. The molecule has 2 rings (SSSR count). The smallest absolute Gasteiger partial charge is 0.321 e. The number of rotatable bonds is 7. The van der Waals surface area contributed by atoms with Crippen molar-refractivity contribution in [3.05, 3.63) is 60.4 Å². The highest BCUT2D eigenvalue weighted by atomic mass is 32.2. The van der Waals surface area contributed by atoms with E-state index in [0.29, 0.717) is 5.69 Å². The third kappa shape index (κ3) is 5.36. The lowest BCUT2D eigenvalue weighted by Gasteiger charge is -2.14. The Morgan fingerprint density at radius 1 is 1.08 bits per heavy atom. The first-order valence-corrected chi connectivity index (χ1v) is 9.07. The summed E-state index contributed by atoms with van der Waals surface area (Å²) in [5.74, 6) is -2.48. The zero-order valence-electron chi connectivity index (χ0n) is 13.8. The number of carbonyl (C=O) groups excluding carboxylic acids is 2. The van der Waals surface area contributed by atoms with Crippen molar-refractivity contribution in [2.24, 2.45) is 0 Å². The highest BCUT2D eigenvalue weighted by Gasteiger charge is 2.22. The van der Waals surface area contributed by atoms with Crippen molar-refractivity contribution in [1.82, 2.24) is 4.72 Å². The molecule has 0 saturated carbocycles. The third-order valence-corrected chi connectivity index (χ3v) is 4.69. The number of anilines is 1. The molecule has 0 spiro atoms. The van der Waals surface area contributed by atoms with E-state index in [4.69, 9.17) is 4.74 Å². The minimum atomic E-state index is -4.22. The molecule has 7 nitrogen and oxygen atoms in total. The van der Waals surface area contributed by atoms with Gasteiger partial charge >= 0.3 is 5.97 Å². The van der Waals surface area contributed by atoms with E-state index in [9.17, 15) is 22.4 Å². The van der Waals surface area contributed by atoms with Crippen LogP contribution in [-0.2, 0) is 24.3 Å². The van der Waals surface area contributed by atoms with Crippen LogP contribution in [0.3, 0.4) is 0 Å². The molecule has 2 N–H and O–H groups in total. The lowest BCUT2D eigenvalue weighted by Crippen LogP contribution is -2.36. The Hall–Kier alpha value is -2.78. The van der Waals surface area contributed by atoms with Crippen LogP contribution in [0.4, 0.5) is 10.1 Å². The van der Waals surface area contributed by atoms with Crippen LogP contribution in [0, 0.1) is 5.82 Å². The van der Waals surface area contributed by atoms with E-state index < -0.39 is 45.3 Å². The van der Waals surface area contributed by atoms with Crippen LogP contribution in [0.5, 0.6) is 0 Å². The number of halogens is 1. The summed E-state index contributed by atoms with van der Waals surface area (Å²) in [6, 6.07) is 13.3. The summed E-state index contributed by atoms with van der Waals surface area (Å²) >= 11 is 0. The van der Waals surface area contributed by atoms with E-state index in [2.05, 4.69) is 5.32 Å². The van der Waals surface area contributed by atoms with Crippen molar-refractivity contribution in [2.75, 3.05) is 11.9 Å². The van der Waals surface area contributed by atoms with Crippen molar-refractivity contribution in [2.45, 2.75) is 17.9 Å². The molecule has 0 saturated heterocycles. The Balaban J connectivity index is 1.88. The predicted octanol–water partition coefficient (Wildman–Crippen LogP) is 1.67. The SMILES string of the molecule is C[C@H](OC(=O)CNS(=O)(=O)c1ccccc1F)C(=O)Nc1ccccc1. The molecule has 138 valence electrons. The highest BCUT2D eigenvalue weighted by molar-refractivity contribution is 7.89. The molecule has 2 aromatic carbocycles. The van der Waals surface area contributed by atoms with E-state index in [1.165, 1.54) is 19.1 Å². The molecule has 1 amide bonds. The van der Waals surface area contributed by atoms with Gasteiger partial charge in [0.1, 0.15) is 17.3 Å². The molecule has 26 heavy (non-hydrogen) atoms. The highest BCUT2D eigenvalue weighted by Crippen LogP contribution is 2.13. The maximum Gasteiger partial charge on any atom is 0.321 e. The van der Waals surface area contributed by atoms with E-state index in [1.54, 1.807) is 30.3 Å². The van der Waals surface area contributed by atoms with Crippen LogP contribution < -0.4 is 10.0 Å². The Labute approximate surface area is 150 Å². The molecule has 0 aromatic heterocycles. The second kappa shape index (κ2) is 8.54. The van der Waals surface area contributed by atoms with Crippen LogP contribution >= 0.6 is 0 Å². The van der Waals surface area contributed by atoms with E-state index in [-0.39, 0.29) is 0 Å². The molecule has 1 atom stereocenters. The van der Waals surface area contributed by atoms with E-state index >= 15 is 0 Å². The number of para-hydroxylation sites is 1. The van der Waals surface area contributed by atoms with Gasteiger partial charge in [0, 0.05) is 5.69 Å². The van der Waals surface area contributed by atoms with Gasteiger partial charge in [-0.1, -0.05) is 30.3 Å². The molecule has 0 unspecified atom stereocenters. The number of sulfonamides is 1. The molecule has 0 bridgehead atoms. The first kappa shape index (κ1) is 19.5. The largest absolute Gasteiger partial charge is 0.452 e. The standard InChI is InChI=1S/C17H17FN2O5S/c1-12(17(22)20-13-7-3-2-4-8-13)25-16(21)11-19-26(23,24)15-10-6-5-9-14(15)18/h2-10,12,19H,11H2,1H3,(H,20,22)/t12-/m0/s1. The molecule has 0 aliphatic rings. The summed E-state index contributed by atoms with van der Waals surface area (Å²) in [6.07, 6.45) is -1.14. The van der Waals surface area contributed by atoms with Crippen LogP contribution in [0.25, 0.3) is 0 Å². The summed E-state index contributed by atoms with van der Waals surface area (Å²) in [5, 5.41) is 2.55. The zero-order valence-corrected chi connectivity index (χ0v) is 14.6. The average molecular weight is 380 g/mol. The fourth-order valence-corrected chi connectivity index (χ4v) is 3.00. The number of esters is 1. The van der Waals surface area contributed by atoms with Crippen molar-refractivity contribution in [3.8, 4) is 0 Å². The van der Waals surface area contributed by atoms with Gasteiger partial charge in [0.25, 0.3) is 5.91 Å². The van der Waals surface area contributed by atoms with Gasteiger partial charge in [0.15, 0.2) is 6.10 Å². The molecule has 0 fully saturated rings. The van der Waals surface area contributed by atoms with Gasteiger partial charge in [-0.2, -0.15) is 4.72 Å². The average Bonchev–Trinajstić information content (AvgIpc) is 2.61. The molecule has 0 aliphatic carbocycles. The normalized spacial score (nSPS) is 12.2. The minimum absolute atomic E-state index is 0.528.